The number of aryl methyl sites for hydroxylation is 1. The summed E-state index contributed by atoms with van der Waals surface area (Å²) in [5.41, 5.74) is 2.44. The first kappa shape index (κ1) is 13.7. The van der Waals surface area contributed by atoms with Gasteiger partial charge in [-0.05, 0) is 18.6 Å². The monoisotopic (exact) mass is 280 g/mol. The Balaban J connectivity index is 2.27. The number of hydrogen-bond acceptors (Lipinski definition) is 4. The number of rotatable bonds is 5. The molecule has 19 heavy (non-hydrogen) atoms. The molecule has 0 saturated heterocycles. The minimum atomic E-state index is -3.21. The van der Waals surface area contributed by atoms with Gasteiger partial charge in [0.25, 0.3) is 0 Å². The van der Waals surface area contributed by atoms with Crippen LogP contribution in [0.4, 0.5) is 0 Å². The lowest BCUT2D eigenvalue weighted by Gasteiger charge is -2.08. The van der Waals surface area contributed by atoms with Gasteiger partial charge in [-0.2, -0.15) is 5.10 Å². The molecule has 0 aliphatic heterocycles. The van der Waals surface area contributed by atoms with E-state index in [0.717, 1.165) is 16.8 Å². The van der Waals surface area contributed by atoms with Crippen LogP contribution in [-0.4, -0.2) is 28.9 Å². The van der Waals surface area contributed by atoms with Gasteiger partial charge in [0.2, 0.25) is 10.0 Å². The molecule has 2 heterocycles. The van der Waals surface area contributed by atoms with Gasteiger partial charge in [-0.15, -0.1) is 0 Å². The third-order valence-corrected chi connectivity index (χ3v) is 4.08. The highest BCUT2D eigenvalue weighted by Crippen LogP contribution is 2.20. The SMILES string of the molecule is CCS(=O)(=O)NCc1cccnc1-c1cnn(C)c1. The van der Waals surface area contributed by atoms with Crippen LogP contribution in [-0.2, 0) is 23.6 Å². The molecule has 0 spiro atoms. The summed E-state index contributed by atoms with van der Waals surface area (Å²) in [5.74, 6) is 0.0650. The van der Waals surface area contributed by atoms with E-state index in [2.05, 4.69) is 14.8 Å². The average molecular weight is 280 g/mol. The Morgan fingerprint density at radius 3 is 2.84 bits per heavy atom. The normalized spacial score (nSPS) is 11.7. The Morgan fingerprint density at radius 2 is 2.21 bits per heavy atom. The standard InChI is InChI=1S/C12H16N4O2S/c1-3-19(17,18)15-8-10-5-4-6-13-12(10)11-7-14-16(2)9-11/h4-7,9,15H,3,8H2,1-2H3. The van der Waals surface area contributed by atoms with E-state index in [1.165, 1.54) is 0 Å². The molecule has 6 nitrogen and oxygen atoms in total. The molecule has 0 aliphatic carbocycles. The second kappa shape index (κ2) is 5.50. The number of nitrogens with zero attached hydrogens (tertiary/aromatic N) is 3. The summed E-state index contributed by atoms with van der Waals surface area (Å²) in [6.07, 6.45) is 5.24. The highest BCUT2D eigenvalue weighted by atomic mass is 32.2. The summed E-state index contributed by atoms with van der Waals surface area (Å²) in [7, 11) is -1.38. The number of hydrogen-bond donors (Lipinski definition) is 1. The predicted octanol–water partition coefficient (Wildman–Crippen LogP) is 0.921. The lowest BCUT2D eigenvalue weighted by molar-refractivity contribution is 0.582. The maximum atomic E-state index is 11.5. The maximum Gasteiger partial charge on any atom is 0.211 e. The summed E-state index contributed by atoms with van der Waals surface area (Å²) in [6.45, 7) is 1.84. The number of sulfonamides is 1. The van der Waals surface area contributed by atoms with E-state index in [1.807, 2.05) is 19.3 Å². The van der Waals surface area contributed by atoms with Gasteiger partial charge in [0.05, 0.1) is 17.6 Å². The third kappa shape index (κ3) is 3.39. The molecule has 2 aromatic rings. The molecule has 0 atom stereocenters. The van der Waals surface area contributed by atoms with E-state index in [4.69, 9.17) is 0 Å². The van der Waals surface area contributed by atoms with Gasteiger partial charge >= 0.3 is 0 Å². The Morgan fingerprint density at radius 1 is 1.42 bits per heavy atom. The van der Waals surface area contributed by atoms with Crippen molar-refractivity contribution in [3.63, 3.8) is 0 Å². The van der Waals surface area contributed by atoms with Crippen molar-refractivity contribution in [2.75, 3.05) is 5.75 Å². The van der Waals surface area contributed by atoms with Crippen molar-refractivity contribution in [3.8, 4) is 11.3 Å². The molecule has 1 N–H and O–H groups in total. The zero-order valence-electron chi connectivity index (χ0n) is 10.9. The van der Waals surface area contributed by atoms with E-state index in [9.17, 15) is 8.42 Å². The minimum Gasteiger partial charge on any atom is -0.275 e. The summed E-state index contributed by atoms with van der Waals surface area (Å²) in [4.78, 5) is 4.30. The molecule has 7 heteroatoms. The van der Waals surface area contributed by atoms with E-state index < -0.39 is 10.0 Å². The highest BCUT2D eigenvalue weighted by Gasteiger charge is 2.11. The summed E-state index contributed by atoms with van der Waals surface area (Å²) >= 11 is 0. The van der Waals surface area contributed by atoms with Crippen molar-refractivity contribution >= 4 is 10.0 Å². The molecule has 2 aromatic heterocycles. The fraction of sp³-hybridized carbons (Fsp3) is 0.333. The second-order valence-electron chi connectivity index (χ2n) is 4.14. The summed E-state index contributed by atoms with van der Waals surface area (Å²) in [5, 5.41) is 4.10. The minimum absolute atomic E-state index is 0.0650. The van der Waals surface area contributed by atoms with Crippen LogP contribution in [0.2, 0.25) is 0 Å². The number of pyridine rings is 1. The van der Waals surface area contributed by atoms with Crippen molar-refractivity contribution in [2.24, 2.45) is 7.05 Å². The van der Waals surface area contributed by atoms with Crippen molar-refractivity contribution in [1.29, 1.82) is 0 Å². The molecule has 0 bridgehead atoms. The van der Waals surface area contributed by atoms with Crippen LogP contribution in [0.5, 0.6) is 0 Å². The predicted molar refractivity (Wildman–Crippen MR) is 72.7 cm³/mol. The first-order valence-electron chi connectivity index (χ1n) is 5.92. The fourth-order valence-electron chi connectivity index (χ4n) is 1.67. The molecule has 0 aliphatic rings. The Labute approximate surface area is 112 Å². The lowest BCUT2D eigenvalue weighted by Crippen LogP contribution is -2.25. The molecular weight excluding hydrogens is 264 g/mol. The maximum absolute atomic E-state index is 11.5. The van der Waals surface area contributed by atoms with Gasteiger partial charge < -0.3 is 0 Å². The zero-order valence-corrected chi connectivity index (χ0v) is 11.7. The largest absolute Gasteiger partial charge is 0.275 e. The second-order valence-corrected chi connectivity index (χ2v) is 6.23. The van der Waals surface area contributed by atoms with Crippen LogP contribution in [0.3, 0.4) is 0 Å². The van der Waals surface area contributed by atoms with E-state index in [1.54, 1.807) is 30.1 Å². The zero-order chi connectivity index (χ0) is 13.9. The number of aromatic nitrogens is 3. The van der Waals surface area contributed by atoms with Crippen LogP contribution < -0.4 is 4.72 Å². The molecular formula is C12H16N4O2S. The van der Waals surface area contributed by atoms with Crippen molar-refractivity contribution < 1.29 is 8.42 Å². The molecule has 0 saturated carbocycles. The Kier molecular flexibility index (Phi) is 3.96. The molecule has 2 rings (SSSR count). The van der Waals surface area contributed by atoms with Gasteiger partial charge in [-0.25, -0.2) is 13.1 Å². The van der Waals surface area contributed by atoms with Gasteiger partial charge in [0.15, 0.2) is 0 Å². The van der Waals surface area contributed by atoms with Gasteiger partial charge in [-0.3, -0.25) is 9.67 Å². The Hall–Kier alpha value is -1.73. The quantitative estimate of drug-likeness (QED) is 0.883. The topological polar surface area (TPSA) is 76.9 Å². The summed E-state index contributed by atoms with van der Waals surface area (Å²) < 4.78 is 27.2. The first-order valence-corrected chi connectivity index (χ1v) is 7.57. The molecule has 0 radical (unpaired) electrons. The van der Waals surface area contributed by atoms with Crippen molar-refractivity contribution in [2.45, 2.75) is 13.5 Å². The van der Waals surface area contributed by atoms with Crippen LogP contribution in [0.1, 0.15) is 12.5 Å². The Bertz CT molecular complexity index is 664. The smallest absolute Gasteiger partial charge is 0.211 e. The lowest BCUT2D eigenvalue weighted by atomic mass is 10.1. The first-order chi connectivity index (χ1) is 9.02. The molecule has 102 valence electrons. The fourth-order valence-corrected chi connectivity index (χ4v) is 2.25. The molecule has 0 amide bonds. The average Bonchev–Trinajstić information content (AvgIpc) is 2.83. The van der Waals surface area contributed by atoms with E-state index >= 15 is 0 Å². The van der Waals surface area contributed by atoms with E-state index in [0.29, 0.717) is 0 Å². The van der Waals surface area contributed by atoms with Gasteiger partial charge in [0.1, 0.15) is 0 Å². The molecule has 0 unspecified atom stereocenters. The third-order valence-electron chi connectivity index (χ3n) is 2.73. The summed E-state index contributed by atoms with van der Waals surface area (Å²) in [6, 6.07) is 3.64. The number of nitrogens with one attached hydrogen (secondary N) is 1. The van der Waals surface area contributed by atoms with Gasteiger partial charge in [-0.1, -0.05) is 6.07 Å². The van der Waals surface area contributed by atoms with Crippen LogP contribution in [0, 0.1) is 0 Å². The van der Waals surface area contributed by atoms with Crippen molar-refractivity contribution in [3.05, 3.63) is 36.3 Å². The molecule has 0 fully saturated rings. The highest BCUT2D eigenvalue weighted by molar-refractivity contribution is 7.89. The van der Waals surface area contributed by atoms with Crippen LogP contribution in [0.15, 0.2) is 30.7 Å². The van der Waals surface area contributed by atoms with E-state index in [-0.39, 0.29) is 12.3 Å². The van der Waals surface area contributed by atoms with Crippen molar-refractivity contribution in [1.82, 2.24) is 19.5 Å². The van der Waals surface area contributed by atoms with Crippen LogP contribution in [0.25, 0.3) is 11.3 Å². The van der Waals surface area contributed by atoms with Crippen LogP contribution >= 0.6 is 0 Å². The van der Waals surface area contributed by atoms with Gasteiger partial charge in [0, 0.05) is 31.5 Å². The molecule has 0 aromatic carbocycles.